The standard InChI is InChI=1S/C27H34O4/c1-20(2)26(29)31-19-5-4-18-30-25-12-8-23(9-13-25)27(16-14-21(3)15-17-27)22-6-10-24(28)11-7-22/h6-13,21,28H,1,4-5,14-19H2,2-3H3. The summed E-state index contributed by atoms with van der Waals surface area (Å²) in [5.41, 5.74) is 3.00. The largest absolute Gasteiger partial charge is 0.508 e. The molecule has 0 radical (unpaired) electrons. The second-order valence-electron chi connectivity index (χ2n) is 8.81. The molecule has 0 amide bonds. The van der Waals surface area contributed by atoms with E-state index in [1.807, 2.05) is 0 Å². The van der Waals surface area contributed by atoms with Crippen LogP contribution >= 0.6 is 0 Å². The fourth-order valence-electron chi connectivity index (χ4n) is 4.33. The quantitative estimate of drug-likeness (QED) is 0.298. The Balaban J connectivity index is 1.59. The fourth-order valence-corrected chi connectivity index (χ4v) is 4.33. The summed E-state index contributed by atoms with van der Waals surface area (Å²) in [4.78, 5) is 11.4. The molecule has 0 unspecified atom stereocenters. The summed E-state index contributed by atoms with van der Waals surface area (Å²) in [5.74, 6) is 1.58. The van der Waals surface area contributed by atoms with Crippen LogP contribution in [0.15, 0.2) is 60.7 Å². The fraction of sp³-hybridized carbons (Fsp3) is 0.444. The van der Waals surface area contributed by atoms with Crippen molar-refractivity contribution in [1.82, 2.24) is 0 Å². The third-order valence-corrected chi connectivity index (χ3v) is 6.34. The number of unbranched alkanes of at least 4 members (excludes halogenated alkanes) is 1. The van der Waals surface area contributed by atoms with Gasteiger partial charge in [0.1, 0.15) is 11.5 Å². The lowest BCUT2D eigenvalue weighted by atomic mass is 9.63. The summed E-state index contributed by atoms with van der Waals surface area (Å²) in [6.07, 6.45) is 6.22. The zero-order chi connectivity index (χ0) is 22.3. The molecule has 0 bridgehead atoms. The van der Waals surface area contributed by atoms with Crippen LogP contribution in [-0.4, -0.2) is 24.3 Å². The molecule has 0 spiro atoms. The Bertz CT molecular complexity index is 859. The number of carbonyl (C=O) groups excluding carboxylic acids is 1. The van der Waals surface area contributed by atoms with Crippen molar-refractivity contribution in [2.45, 2.75) is 57.8 Å². The van der Waals surface area contributed by atoms with E-state index in [1.54, 1.807) is 19.1 Å². The van der Waals surface area contributed by atoms with Gasteiger partial charge in [-0.2, -0.15) is 0 Å². The van der Waals surface area contributed by atoms with E-state index in [-0.39, 0.29) is 11.4 Å². The Morgan fingerprint density at radius 2 is 1.55 bits per heavy atom. The van der Waals surface area contributed by atoms with Crippen LogP contribution in [0.25, 0.3) is 0 Å². The third-order valence-electron chi connectivity index (χ3n) is 6.34. The van der Waals surface area contributed by atoms with Gasteiger partial charge in [-0.3, -0.25) is 0 Å². The number of phenols is 1. The average molecular weight is 423 g/mol. The first-order valence-electron chi connectivity index (χ1n) is 11.3. The van der Waals surface area contributed by atoms with Crippen LogP contribution in [0, 0.1) is 5.92 Å². The predicted molar refractivity (Wildman–Crippen MR) is 123 cm³/mol. The second-order valence-corrected chi connectivity index (χ2v) is 8.81. The maximum atomic E-state index is 11.4. The van der Waals surface area contributed by atoms with Crippen molar-refractivity contribution in [2.24, 2.45) is 5.92 Å². The predicted octanol–water partition coefficient (Wildman–Crippen LogP) is 6.17. The van der Waals surface area contributed by atoms with Gasteiger partial charge in [0.05, 0.1) is 13.2 Å². The van der Waals surface area contributed by atoms with Gasteiger partial charge in [-0.25, -0.2) is 4.79 Å². The van der Waals surface area contributed by atoms with E-state index in [4.69, 9.17) is 9.47 Å². The maximum absolute atomic E-state index is 11.4. The van der Waals surface area contributed by atoms with Crippen molar-refractivity contribution in [1.29, 1.82) is 0 Å². The molecule has 2 aromatic carbocycles. The molecule has 0 aromatic heterocycles. The van der Waals surface area contributed by atoms with E-state index in [9.17, 15) is 9.90 Å². The number of rotatable bonds is 9. The highest BCUT2D eigenvalue weighted by Gasteiger charge is 2.37. The van der Waals surface area contributed by atoms with Crippen LogP contribution in [0.2, 0.25) is 0 Å². The first kappa shape index (κ1) is 22.9. The first-order valence-corrected chi connectivity index (χ1v) is 11.3. The summed E-state index contributed by atoms with van der Waals surface area (Å²) in [5, 5.41) is 9.73. The molecule has 2 aromatic rings. The van der Waals surface area contributed by atoms with Gasteiger partial charge in [0.2, 0.25) is 0 Å². The van der Waals surface area contributed by atoms with Gasteiger partial charge < -0.3 is 14.6 Å². The summed E-state index contributed by atoms with van der Waals surface area (Å²) in [6, 6.07) is 16.2. The number of ether oxygens (including phenoxy) is 2. The van der Waals surface area contributed by atoms with Gasteiger partial charge in [0, 0.05) is 11.0 Å². The molecule has 0 aliphatic heterocycles. The molecule has 1 aliphatic carbocycles. The lowest BCUT2D eigenvalue weighted by molar-refractivity contribution is -0.139. The molecule has 1 saturated carbocycles. The summed E-state index contributed by atoms with van der Waals surface area (Å²) < 4.78 is 11.0. The highest BCUT2D eigenvalue weighted by atomic mass is 16.5. The smallest absolute Gasteiger partial charge is 0.333 e. The van der Waals surface area contributed by atoms with Gasteiger partial charge in [-0.15, -0.1) is 0 Å². The highest BCUT2D eigenvalue weighted by Crippen LogP contribution is 2.47. The lowest BCUT2D eigenvalue weighted by Gasteiger charge is -2.40. The number of benzene rings is 2. The second kappa shape index (κ2) is 10.5. The van der Waals surface area contributed by atoms with Gasteiger partial charge in [0.15, 0.2) is 0 Å². The van der Waals surface area contributed by atoms with E-state index in [0.29, 0.717) is 24.5 Å². The van der Waals surface area contributed by atoms with Gasteiger partial charge in [0.25, 0.3) is 0 Å². The molecular formula is C27H34O4. The molecular weight excluding hydrogens is 388 g/mol. The molecule has 4 nitrogen and oxygen atoms in total. The minimum Gasteiger partial charge on any atom is -0.508 e. The molecule has 1 fully saturated rings. The van der Waals surface area contributed by atoms with Crippen molar-refractivity contribution in [3.8, 4) is 11.5 Å². The SMILES string of the molecule is C=C(C)C(=O)OCCCCOc1ccc(C2(c3ccc(O)cc3)CCC(C)CC2)cc1. The topological polar surface area (TPSA) is 55.8 Å². The minimum atomic E-state index is -0.337. The summed E-state index contributed by atoms with van der Waals surface area (Å²) in [6.45, 7) is 8.53. The molecule has 1 N–H and O–H groups in total. The van der Waals surface area contributed by atoms with E-state index < -0.39 is 0 Å². The minimum absolute atomic E-state index is 0.00804. The van der Waals surface area contributed by atoms with Crippen molar-refractivity contribution in [2.75, 3.05) is 13.2 Å². The Labute approximate surface area is 185 Å². The van der Waals surface area contributed by atoms with Crippen molar-refractivity contribution >= 4 is 5.97 Å². The number of aromatic hydroxyl groups is 1. The molecule has 0 heterocycles. The number of hydrogen-bond donors (Lipinski definition) is 1. The summed E-state index contributed by atoms with van der Waals surface area (Å²) >= 11 is 0. The monoisotopic (exact) mass is 422 g/mol. The van der Waals surface area contributed by atoms with E-state index in [1.165, 1.54) is 24.0 Å². The highest BCUT2D eigenvalue weighted by molar-refractivity contribution is 5.86. The average Bonchev–Trinajstić information content (AvgIpc) is 2.77. The van der Waals surface area contributed by atoms with Crippen molar-refractivity contribution < 1.29 is 19.4 Å². The Morgan fingerprint density at radius 3 is 2.13 bits per heavy atom. The number of phenolic OH excluding ortho intramolecular Hbond substituents is 1. The number of hydrogen-bond acceptors (Lipinski definition) is 4. The normalized spacial score (nSPS) is 20.8. The number of carbonyl (C=O) groups is 1. The molecule has 0 saturated heterocycles. The van der Waals surface area contributed by atoms with Crippen LogP contribution < -0.4 is 4.74 Å². The Hall–Kier alpha value is -2.75. The molecule has 1 aliphatic rings. The first-order chi connectivity index (χ1) is 14.9. The molecule has 3 rings (SSSR count). The van der Waals surface area contributed by atoms with E-state index >= 15 is 0 Å². The zero-order valence-electron chi connectivity index (χ0n) is 18.7. The zero-order valence-corrected chi connectivity index (χ0v) is 18.7. The molecule has 4 heteroatoms. The van der Waals surface area contributed by atoms with Gasteiger partial charge >= 0.3 is 5.97 Å². The number of esters is 1. The van der Waals surface area contributed by atoms with E-state index in [2.05, 4.69) is 49.9 Å². The van der Waals surface area contributed by atoms with Crippen LogP contribution in [-0.2, 0) is 14.9 Å². The summed E-state index contributed by atoms with van der Waals surface area (Å²) in [7, 11) is 0. The molecule has 0 atom stereocenters. The molecule has 31 heavy (non-hydrogen) atoms. The van der Waals surface area contributed by atoms with Crippen LogP contribution in [0.5, 0.6) is 11.5 Å². The third kappa shape index (κ3) is 5.90. The van der Waals surface area contributed by atoms with Crippen LogP contribution in [0.3, 0.4) is 0 Å². The van der Waals surface area contributed by atoms with Gasteiger partial charge in [-0.05, 0) is 86.8 Å². The van der Waals surface area contributed by atoms with Crippen molar-refractivity contribution in [3.63, 3.8) is 0 Å². The van der Waals surface area contributed by atoms with Crippen molar-refractivity contribution in [3.05, 3.63) is 71.8 Å². The lowest BCUT2D eigenvalue weighted by Crippen LogP contribution is -2.32. The van der Waals surface area contributed by atoms with Crippen LogP contribution in [0.1, 0.15) is 63.5 Å². The Kier molecular flexibility index (Phi) is 7.78. The maximum Gasteiger partial charge on any atom is 0.333 e. The molecule has 166 valence electrons. The van der Waals surface area contributed by atoms with Crippen LogP contribution in [0.4, 0.5) is 0 Å². The van der Waals surface area contributed by atoms with Gasteiger partial charge in [-0.1, -0.05) is 37.8 Å². The van der Waals surface area contributed by atoms with E-state index in [0.717, 1.165) is 37.4 Å². The Morgan fingerprint density at radius 1 is 1.00 bits per heavy atom.